The molecule has 0 spiro atoms. The molecule has 0 radical (unpaired) electrons. The van der Waals surface area contributed by atoms with Crippen molar-refractivity contribution in [2.75, 3.05) is 5.32 Å². The van der Waals surface area contributed by atoms with Crippen molar-refractivity contribution in [1.29, 1.82) is 0 Å². The van der Waals surface area contributed by atoms with Crippen LogP contribution in [0.15, 0.2) is 18.2 Å². The number of amides is 1. The van der Waals surface area contributed by atoms with E-state index in [0.29, 0.717) is 12.8 Å². The number of nitrogens with one attached hydrogen (secondary N) is 1. The minimum Gasteiger partial charge on any atom is -0.322 e. The Morgan fingerprint density at radius 3 is 2.59 bits per heavy atom. The number of carbonyl (C=O) groups excluding carboxylic acids is 1. The van der Waals surface area contributed by atoms with E-state index in [4.69, 9.17) is 5.73 Å². The Kier molecular flexibility index (Phi) is 4.11. The first-order chi connectivity index (χ1) is 7.51. The molecule has 3 nitrogen and oxygen atoms in total. The molecule has 17 heavy (non-hydrogen) atoms. The van der Waals surface area contributed by atoms with E-state index in [-0.39, 0.29) is 24.0 Å². The molecule has 5 heteroatoms. The average molecular weight is 259 g/mol. The summed E-state index contributed by atoms with van der Waals surface area (Å²) in [6.45, 7) is 1.80. The first-order valence-corrected chi connectivity index (χ1v) is 5.38. The Morgan fingerprint density at radius 1 is 1.47 bits per heavy atom. The molecule has 1 aromatic rings. The standard InChI is InChI=1S/C12H15FN2O.ClH/c1-8-3-4-10(9(13)7-8)15-11(16)12(14)5-2-6-12;/h3-4,7H,2,5-6,14H2,1H3,(H,15,16);1H. The highest BCUT2D eigenvalue weighted by Gasteiger charge is 2.40. The Hall–Kier alpha value is -1.13. The van der Waals surface area contributed by atoms with E-state index in [1.165, 1.54) is 6.07 Å². The zero-order valence-electron chi connectivity index (χ0n) is 9.63. The van der Waals surface area contributed by atoms with Gasteiger partial charge in [0, 0.05) is 0 Å². The van der Waals surface area contributed by atoms with Crippen LogP contribution < -0.4 is 11.1 Å². The number of nitrogens with two attached hydrogens (primary N) is 1. The van der Waals surface area contributed by atoms with E-state index in [2.05, 4.69) is 5.32 Å². The molecule has 1 amide bonds. The maximum atomic E-state index is 13.5. The summed E-state index contributed by atoms with van der Waals surface area (Å²) in [6, 6.07) is 4.70. The van der Waals surface area contributed by atoms with Gasteiger partial charge >= 0.3 is 0 Å². The van der Waals surface area contributed by atoms with Crippen LogP contribution in [0.1, 0.15) is 24.8 Å². The monoisotopic (exact) mass is 258 g/mol. The fourth-order valence-corrected chi connectivity index (χ4v) is 1.75. The van der Waals surface area contributed by atoms with Crippen molar-refractivity contribution in [2.45, 2.75) is 31.7 Å². The normalized spacial score (nSPS) is 16.6. The third-order valence-electron chi connectivity index (χ3n) is 3.07. The lowest BCUT2D eigenvalue weighted by atomic mass is 9.77. The molecule has 1 aliphatic rings. The zero-order chi connectivity index (χ0) is 11.8. The number of carbonyl (C=O) groups is 1. The number of halogens is 2. The molecular formula is C12H16ClFN2O. The van der Waals surface area contributed by atoms with Crippen LogP contribution in [-0.4, -0.2) is 11.4 Å². The van der Waals surface area contributed by atoms with Crippen LogP contribution >= 0.6 is 12.4 Å². The Bertz CT molecular complexity index is 433. The fourth-order valence-electron chi connectivity index (χ4n) is 1.75. The minimum atomic E-state index is -0.794. The van der Waals surface area contributed by atoms with Crippen molar-refractivity contribution in [3.8, 4) is 0 Å². The average Bonchev–Trinajstić information content (AvgIpc) is 2.18. The van der Waals surface area contributed by atoms with E-state index in [1.54, 1.807) is 19.1 Å². The number of hydrogen-bond acceptors (Lipinski definition) is 2. The summed E-state index contributed by atoms with van der Waals surface area (Å²) in [7, 11) is 0. The van der Waals surface area contributed by atoms with Gasteiger partial charge in [-0.1, -0.05) is 6.07 Å². The smallest absolute Gasteiger partial charge is 0.244 e. The van der Waals surface area contributed by atoms with Gasteiger partial charge in [-0.3, -0.25) is 4.79 Å². The van der Waals surface area contributed by atoms with E-state index in [1.807, 2.05) is 0 Å². The number of rotatable bonds is 2. The molecule has 3 N–H and O–H groups in total. The van der Waals surface area contributed by atoms with Crippen molar-refractivity contribution in [3.63, 3.8) is 0 Å². The van der Waals surface area contributed by atoms with Gasteiger partial charge in [0.05, 0.1) is 11.2 Å². The Labute approximate surface area is 106 Å². The maximum absolute atomic E-state index is 13.5. The summed E-state index contributed by atoms with van der Waals surface area (Å²) in [5.74, 6) is -0.710. The lowest BCUT2D eigenvalue weighted by molar-refractivity contribution is -0.123. The molecule has 0 atom stereocenters. The highest BCUT2D eigenvalue weighted by molar-refractivity contribution is 5.98. The van der Waals surface area contributed by atoms with Crippen LogP contribution in [0.3, 0.4) is 0 Å². The second-order valence-electron chi connectivity index (χ2n) is 4.45. The quantitative estimate of drug-likeness (QED) is 0.856. The minimum absolute atomic E-state index is 0. The molecule has 1 fully saturated rings. The maximum Gasteiger partial charge on any atom is 0.244 e. The predicted molar refractivity (Wildman–Crippen MR) is 67.8 cm³/mol. The van der Waals surface area contributed by atoms with Crippen LogP contribution in [0.2, 0.25) is 0 Å². The predicted octanol–water partition coefficient (Wildman–Crippen LogP) is 2.38. The number of aryl methyl sites for hydroxylation is 1. The van der Waals surface area contributed by atoms with Gasteiger partial charge in [-0.2, -0.15) is 0 Å². The van der Waals surface area contributed by atoms with Crippen LogP contribution in [0.25, 0.3) is 0 Å². The van der Waals surface area contributed by atoms with Crippen molar-refractivity contribution in [2.24, 2.45) is 5.73 Å². The molecule has 2 rings (SSSR count). The number of anilines is 1. The fraction of sp³-hybridized carbons (Fsp3) is 0.417. The van der Waals surface area contributed by atoms with Crippen molar-refractivity contribution >= 4 is 24.0 Å². The van der Waals surface area contributed by atoms with Gasteiger partial charge < -0.3 is 11.1 Å². The third kappa shape index (κ3) is 2.76. The van der Waals surface area contributed by atoms with Crippen LogP contribution in [0.4, 0.5) is 10.1 Å². The van der Waals surface area contributed by atoms with Gasteiger partial charge in [-0.15, -0.1) is 12.4 Å². The molecule has 0 saturated heterocycles. The van der Waals surface area contributed by atoms with Gasteiger partial charge in [-0.25, -0.2) is 4.39 Å². The second kappa shape index (κ2) is 5.02. The van der Waals surface area contributed by atoms with Crippen molar-refractivity contribution < 1.29 is 9.18 Å². The van der Waals surface area contributed by atoms with Gasteiger partial charge in [0.15, 0.2) is 0 Å². The molecule has 1 aromatic carbocycles. The zero-order valence-corrected chi connectivity index (χ0v) is 10.4. The lowest BCUT2D eigenvalue weighted by Gasteiger charge is -2.36. The summed E-state index contributed by atoms with van der Waals surface area (Å²) >= 11 is 0. The van der Waals surface area contributed by atoms with Crippen LogP contribution in [0.5, 0.6) is 0 Å². The summed E-state index contributed by atoms with van der Waals surface area (Å²) in [4.78, 5) is 11.8. The van der Waals surface area contributed by atoms with E-state index in [0.717, 1.165) is 12.0 Å². The molecule has 0 bridgehead atoms. The summed E-state index contributed by atoms with van der Waals surface area (Å²) in [5.41, 5.74) is 6.07. The van der Waals surface area contributed by atoms with Gasteiger partial charge in [0.2, 0.25) is 5.91 Å². The highest BCUT2D eigenvalue weighted by Crippen LogP contribution is 2.30. The number of hydrogen-bond donors (Lipinski definition) is 2. The molecule has 0 unspecified atom stereocenters. The van der Waals surface area contributed by atoms with Gasteiger partial charge in [-0.05, 0) is 43.9 Å². The summed E-state index contributed by atoms with van der Waals surface area (Å²) in [6.07, 6.45) is 2.30. The highest BCUT2D eigenvalue weighted by atomic mass is 35.5. The summed E-state index contributed by atoms with van der Waals surface area (Å²) < 4.78 is 13.5. The first-order valence-electron chi connectivity index (χ1n) is 5.38. The second-order valence-corrected chi connectivity index (χ2v) is 4.45. The molecule has 1 saturated carbocycles. The molecular weight excluding hydrogens is 243 g/mol. The van der Waals surface area contributed by atoms with Crippen LogP contribution in [0, 0.1) is 12.7 Å². The summed E-state index contributed by atoms with van der Waals surface area (Å²) in [5, 5.41) is 2.54. The van der Waals surface area contributed by atoms with Crippen molar-refractivity contribution in [3.05, 3.63) is 29.6 Å². The molecule has 94 valence electrons. The molecule has 0 aromatic heterocycles. The molecule has 1 aliphatic carbocycles. The first kappa shape index (κ1) is 13.9. The Balaban J connectivity index is 0.00000144. The van der Waals surface area contributed by atoms with Gasteiger partial charge in [0.1, 0.15) is 5.82 Å². The van der Waals surface area contributed by atoms with E-state index >= 15 is 0 Å². The number of benzene rings is 1. The lowest BCUT2D eigenvalue weighted by Crippen LogP contribution is -2.56. The van der Waals surface area contributed by atoms with E-state index < -0.39 is 11.4 Å². The largest absolute Gasteiger partial charge is 0.322 e. The Morgan fingerprint density at radius 2 is 2.12 bits per heavy atom. The van der Waals surface area contributed by atoms with Crippen molar-refractivity contribution in [1.82, 2.24) is 0 Å². The van der Waals surface area contributed by atoms with Gasteiger partial charge in [0.25, 0.3) is 0 Å². The topological polar surface area (TPSA) is 55.1 Å². The molecule has 0 heterocycles. The van der Waals surface area contributed by atoms with Crippen LogP contribution in [-0.2, 0) is 4.79 Å². The molecule has 0 aliphatic heterocycles. The SMILES string of the molecule is Cc1ccc(NC(=O)C2(N)CCC2)c(F)c1.Cl. The third-order valence-corrected chi connectivity index (χ3v) is 3.07. The van der Waals surface area contributed by atoms with E-state index in [9.17, 15) is 9.18 Å².